The molecule has 2 aliphatic rings. The van der Waals surface area contributed by atoms with Crippen molar-refractivity contribution < 1.29 is 23.5 Å². The number of nitrogens with one attached hydrogen (secondary N) is 3. The fraction of sp³-hybridized carbons (Fsp3) is 0.190. The summed E-state index contributed by atoms with van der Waals surface area (Å²) in [7, 11) is 0. The van der Waals surface area contributed by atoms with E-state index in [2.05, 4.69) is 16.0 Å². The first-order valence-electron chi connectivity index (χ1n) is 9.04. The Labute approximate surface area is 165 Å². The van der Waals surface area contributed by atoms with Crippen LogP contribution in [0.25, 0.3) is 0 Å². The molecule has 0 radical (unpaired) electrons. The number of rotatable bonds is 3. The fourth-order valence-electron chi connectivity index (χ4n) is 3.39. The quantitative estimate of drug-likeness (QED) is 0.744. The van der Waals surface area contributed by atoms with E-state index < -0.39 is 17.6 Å². The molecule has 0 bridgehead atoms. The minimum absolute atomic E-state index is 0.0515. The summed E-state index contributed by atoms with van der Waals surface area (Å²) in [6, 6.07) is 9.10. The highest BCUT2D eigenvalue weighted by Crippen LogP contribution is 2.35. The second-order valence-corrected chi connectivity index (χ2v) is 6.93. The van der Waals surface area contributed by atoms with Crippen LogP contribution < -0.4 is 20.7 Å². The molecule has 8 heteroatoms. The van der Waals surface area contributed by atoms with E-state index in [1.807, 2.05) is 6.92 Å². The van der Waals surface area contributed by atoms with Crippen molar-refractivity contribution >= 4 is 29.1 Å². The summed E-state index contributed by atoms with van der Waals surface area (Å²) in [4.78, 5) is 36.4. The Hall–Kier alpha value is -3.68. The number of anilines is 2. The molecule has 0 fully saturated rings. The number of carbonyl (C=O) groups excluding carboxylic acids is 3. The van der Waals surface area contributed by atoms with Crippen LogP contribution in [0.2, 0.25) is 0 Å². The standard InChI is InChI=1S/C21H18FN3O4/c1-11-6-18-17(24-20(27)10-29-18)8-16(11)25-21(28)15-9-23-19(26)7-14(15)12-2-4-13(22)5-3-12/h2-6,8-9,14H,7,10H2,1H3,(H,23,26)(H,24,27)(H,25,28). The monoisotopic (exact) mass is 395 g/mol. The lowest BCUT2D eigenvalue weighted by Gasteiger charge is -2.25. The van der Waals surface area contributed by atoms with Gasteiger partial charge in [0.05, 0.1) is 5.69 Å². The lowest BCUT2D eigenvalue weighted by molar-refractivity contribution is -0.121. The zero-order chi connectivity index (χ0) is 20.5. The van der Waals surface area contributed by atoms with Gasteiger partial charge in [0.2, 0.25) is 5.91 Å². The summed E-state index contributed by atoms with van der Waals surface area (Å²) < 4.78 is 18.6. The molecule has 0 aliphatic carbocycles. The van der Waals surface area contributed by atoms with Crippen LogP contribution in [-0.4, -0.2) is 24.3 Å². The summed E-state index contributed by atoms with van der Waals surface area (Å²) in [6.07, 6.45) is 1.46. The smallest absolute Gasteiger partial charge is 0.262 e. The van der Waals surface area contributed by atoms with Crippen LogP contribution >= 0.6 is 0 Å². The number of hydrogen-bond donors (Lipinski definition) is 3. The van der Waals surface area contributed by atoms with Crippen molar-refractivity contribution in [2.45, 2.75) is 19.3 Å². The van der Waals surface area contributed by atoms with Crippen molar-refractivity contribution in [3.8, 4) is 5.75 Å². The average Bonchev–Trinajstić information content (AvgIpc) is 2.69. The van der Waals surface area contributed by atoms with Gasteiger partial charge in [-0.3, -0.25) is 14.4 Å². The Morgan fingerprint density at radius 1 is 1.17 bits per heavy atom. The number of carbonyl (C=O) groups is 3. The molecule has 1 atom stereocenters. The van der Waals surface area contributed by atoms with E-state index in [4.69, 9.17) is 4.74 Å². The van der Waals surface area contributed by atoms with Gasteiger partial charge in [-0.1, -0.05) is 12.1 Å². The van der Waals surface area contributed by atoms with Crippen LogP contribution in [0.5, 0.6) is 5.75 Å². The predicted molar refractivity (Wildman–Crippen MR) is 104 cm³/mol. The third-order valence-electron chi connectivity index (χ3n) is 4.90. The van der Waals surface area contributed by atoms with Crippen molar-refractivity contribution in [3.05, 3.63) is 65.1 Å². The number of fused-ring (bicyclic) bond motifs is 1. The van der Waals surface area contributed by atoms with E-state index in [9.17, 15) is 18.8 Å². The van der Waals surface area contributed by atoms with Crippen LogP contribution in [0.3, 0.4) is 0 Å². The molecule has 4 rings (SSSR count). The van der Waals surface area contributed by atoms with E-state index in [-0.39, 0.29) is 24.8 Å². The molecule has 2 heterocycles. The van der Waals surface area contributed by atoms with Crippen molar-refractivity contribution in [3.63, 3.8) is 0 Å². The number of benzene rings is 2. The maximum Gasteiger partial charge on any atom is 0.262 e. The summed E-state index contributed by atoms with van der Waals surface area (Å²) in [6.45, 7) is 1.76. The number of hydrogen-bond acceptors (Lipinski definition) is 4. The molecule has 0 aromatic heterocycles. The van der Waals surface area contributed by atoms with Gasteiger partial charge < -0.3 is 20.7 Å². The molecule has 29 heavy (non-hydrogen) atoms. The van der Waals surface area contributed by atoms with Crippen LogP contribution in [0.15, 0.2) is 48.2 Å². The molecule has 3 N–H and O–H groups in total. The van der Waals surface area contributed by atoms with Gasteiger partial charge in [0.25, 0.3) is 11.8 Å². The molecule has 1 unspecified atom stereocenters. The third kappa shape index (κ3) is 3.82. The molecule has 2 aromatic rings. The lowest BCUT2D eigenvalue weighted by atomic mass is 9.86. The average molecular weight is 395 g/mol. The highest BCUT2D eigenvalue weighted by molar-refractivity contribution is 6.07. The summed E-state index contributed by atoms with van der Waals surface area (Å²) >= 11 is 0. The Bertz CT molecular complexity index is 1050. The topological polar surface area (TPSA) is 96.5 Å². The van der Waals surface area contributed by atoms with Crippen LogP contribution in [0.4, 0.5) is 15.8 Å². The van der Waals surface area contributed by atoms with Crippen LogP contribution in [0.1, 0.15) is 23.5 Å². The van der Waals surface area contributed by atoms with E-state index in [0.717, 1.165) is 5.56 Å². The molecule has 3 amide bonds. The van der Waals surface area contributed by atoms with E-state index in [1.54, 1.807) is 24.3 Å². The Kier molecular flexibility index (Phi) is 4.75. The number of halogens is 1. The molecule has 2 aliphatic heterocycles. The third-order valence-corrected chi connectivity index (χ3v) is 4.90. The first-order chi connectivity index (χ1) is 13.9. The molecular formula is C21H18FN3O4. The highest BCUT2D eigenvalue weighted by Gasteiger charge is 2.29. The van der Waals surface area contributed by atoms with E-state index in [1.165, 1.54) is 18.3 Å². The molecule has 0 spiro atoms. The molecule has 7 nitrogen and oxygen atoms in total. The first kappa shape index (κ1) is 18.7. The zero-order valence-electron chi connectivity index (χ0n) is 15.5. The van der Waals surface area contributed by atoms with E-state index >= 15 is 0 Å². The van der Waals surface area contributed by atoms with Crippen LogP contribution in [0, 0.1) is 12.7 Å². The van der Waals surface area contributed by atoms with Gasteiger partial charge in [-0.15, -0.1) is 0 Å². The Morgan fingerprint density at radius 2 is 1.93 bits per heavy atom. The van der Waals surface area contributed by atoms with Crippen molar-refractivity contribution in [1.29, 1.82) is 0 Å². The normalized spacial score (nSPS) is 18.0. The highest BCUT2D eigenvalue weighted by atomic mass is 19.1. The van der Waals surface area contributed by atoms with Gasteiger partial charge in [0.1, 0.15) is 11.6 Å². The van der Waals surface area contributed by atoms with Gasteiger partial charge >= 0.3 is 0 Å². The maximum absolute atomic E-state index is 13.3. The number of ether oxygens (including phenoxy) is 1. The van der Waals surface area contributed by atoms with Gasteiger partial charge in [-0.05, 0) is 42.3 Å². The van der Waals surface area contributed by atoms with Gasteiger partial charge in [-0.25, -0.2) is 4.39 Å². The minimum Gasteiger partial charge on any atom is -0.482 e. The van der Waals surface area contributed by atoms with Crippen molar-refractivity contribution in [2.24, 2.45) is 0 Å². The lowest BCUT2D eigenvalue weighted by Crippen LogP contribution is -2.32. The first-order valence-corrected chi connectivity index (χ1v) is 9.04. The summed E-state index contributed by atoms with van der Waals surface area (Å²) in [5.74, 6) is -1.24. The second kappa shape index (κ2) is 7.38. The SMILES string of the molecule is Cc1cc2c(cc1NC(=O)C1=CNC(=O)CC1c1ccc(F)cc1)NC(=O)CO2. The van der Waals surface area contributed by atoms with Gasteiger partial charge in [-0.2, -0.15) is 0 Å². The summed E-state index contributed by atoms with van der Waals surface area (Å²) in [5, 5.41) is 8.10. The number of aryl methyl sites for hydroxylation is 1. The zero-order valence-corrected chi connectivity index (χ0v) is 15.5. The molecule has 2 aromatic carbocycles. The molecule has 0 saturated carbocycles. The molecule has 0 saturated heterocycles. The maximum atomic E-state index is 13.3. The largest absolute Gasteiger partial charge is 0.482 e. The van der Waals surface area contributed by atoms with Crippen molar-refractivity contribution in [1.82, 2.24) is 5.32 Å². The van der Waals surface area contributed by atoms with E-state index in [0.29, 0.717) is 28.3 Å². The predicted octanol–water partition coefficient (Wildman–Crippen LogP) is 2.59. The van der Waals surface area contributed by atoms with Crippen LogP contribution in [-0.2, 0) is 14.4 Å². The van der Waals surface area contributed by atoms with Crippen molar-refractivity contribution in [2.75, 3.05) is 17.2 Å². The molecular weight excluding hydrogens is 377 g/mol. The summed E-state index contributed by atoms with van der Waals surface area (Å²) in [5.41, 5.74) is 2.77. The van der Waals surface area contributed by atoms with Gasteiger partial charge in [0, 0.05) is 29.8 Å². The Balaban J connectivity index is 1.61. The Morgan fingerprint density at radius 3 is 2.69 bits per heavy atom. The fourth-order valence-corrected chi connectivity index (χ4v) is 3.39. The second-order valence-electron chi connectivity index (χ2n) is 6.93. The van der Waals surface area contributed by atoms with Gasteiger partial charge in [0.15, 0.2) is 6.61 Å². The number of amides is 3. The minimum atomic E-state index is -0.495. The molecule has 148 valence electrons.